The Labute approximate surface area is 134 Å². The summed E-state index contributed by atoms with van der Waals surface area (Å²) in [5, 5.41) is 38.2. The highest BCUT2D eigenvalue weighted by atomic mass is 32.3. The third-order valence-electron chi connectivity index (χ3n) is 3.67. The summed E-state index contributed by atoms with van der Waals surface area (Å²) in [7, 11) is -1.69. The molecule has 11 heteroatoms. The van der Waals surface area contributed by atoms with Crippen LogP contribution in [0.2, 0.25) is 0 Å². The first kappa shape index (κ1) is 20.7. The summed E-state index contributed by atoms with van der Waals surface area (Å²) < 4.78 is 42.9. The number of rotatable bonds is 9. The molecule has 1 saturated carbocycles. The van der Waals surface area contributed by atoms with Gasteiger partial charge in [-0.05, 0) is 0 Å². The summed E-state index contributed by atoms with van der Waals surface area (Å²) in [5.41, 5.74) is 0. The van der Waals surface area contributed by atoms with Gasteiger partial charge in [0.25, 0.3) is 0 Å². The van der Waals surface area contributed by atoms with E-state index in [2.05, 4.69) is 4.18 Å². The van der Waals surface area contributed by atoms with Gasteiger partial charge in [0.1, 0.15) is 12.2 Å². The molecule has 0 aliphatic heterocycles. The van der Waals surface area contributed by atoms with E-state index < -0.39 is 53.4 Å². The van der Waals surface area contributed by atoms with Crippen LogP contribution in [0.1, 0.15) is 6.42 Å². The molecule has 23 heavy (non-hydrogen) atoms. The molecule has 0 amide bonds. The van der Waals surface area contributed by atoms with Crippen molar-refractivity contribution in [3.05, 3.63) is 0 Å². The molecule has 138 valence electrons. The van der Waals surface area contributed by atoms with Crippen LogP contribution in [0.4, 0.5) is 0 Å². The van der Waals surface area contributed by atoms with E-state index in [9.17, 15) is 28.8 Å². The largest absolute Gasteiger partial charge is 0.400 e. The Morgan fingerprint density at radius 3 is 2.30 bits per heavy atom. The van der Waals surface area contributed by atoms with Crippen LogP contribution < -0.4 is 0 Å². The van der Waals surface area contributed by atoms with Gasteiger partial charge in [0.05, 0.1) is 38.1 Å². The summed E-state index contributed by atoms with van der Waals surface area (Å²) in [6.45, 7) is -0.870. The lowest BCUT2D eigenvalue weighted by Gasteiger charge is -2.39. The van der Waals surface area contributed by atoms with Crippen molar-refractivity contribution < 1.29 is 46.7 Å². The topological polar surface area (TPSA) is 152 Å². The lowest BCUT2D eigenvalue weighted by Crippen LogP contribution is -2.55. The third-order valence-corrected chi connectivity index (χ3v) is 4.58. The van der Waals surface area contributed by atoms with E-state index >= 15 is 0 Å². The zero-order valence-corrected chi connectivity index (χ0v) is 13.8. The van der Waals surface area contributed by atoms with Crippen LogP contribution in [0.25, 0.3) is 0 Å². The predicted molar refractivity (Wildman–Crippen MR) is 75.6 cm³/mol. The molecule has 10 nitrogen and oxygen atoms in total. The van der Waals surface area contributed by atoms with E-state index in [1.807, 2.05) is 0 Å². The van der Waals surface area contributed by atoms with Gasteiger partial charge in [-0.3, -0.25) is 0 Å². The first-order chi connectivity index (χ1) is 10.8. The van der Waals surface area contributed by atoms with Gasteiger partial charge >= 0.3 is 10.4 Å². The minimum Gasteiger partial charge on any atom is -0.396 e. The highest BCUT2D eigenvalue weighted by molar-refractivity contribution is 7.81. The van der Waals surface area contributed by atoms with E-state index in [1.165, 1.54) is 14.2 Å². The molecular formula is C12H24O10S. The van der Waals surface area contributed by atoms with E-state index in [1.54, 1.807) is 0 Å². The van der Waals surface area contributed by atoms with Gasteiger partial charge in [-0.15, -0.1) is 0 Å². The first-order valence-corrected chi connectivity index (χ1v) is 8.33. The fourth-order valence-corrected chi connectivity index (χ4v) is 3.20. The lowest BCUT2D eigenvalue weighted by atomic mass is 9.81. The van der Waals surface area contributed by atoms with E-state index in [0.717, 1.165) is 0 Å². The van der Waals surface area contributed by atoms with Crippen molar-refractivity contribution in [3.8, 4) is 0 Å². The number of hydrogen-bond acceptors (Lipinski definition) is 10. The molecule has 6 unspecified atom stereocenters. The Bertz CT molecular complexity index is 441. The van der Waals surface area contributed by atoms with Gasteiger partial charge in [-0.25, -0.2) is 8.37 Å². The summed E-state index contributed by atoms with van der Waals surface area (Å²) in [6, 6.07) is 0. The molecule has 1 aliphatic carbocycles. The molecular weight excluding hydrogens is 336 g/mol. The maximum atomic E-state index is 11.8. The molecule has 0 saturated heterocycles. The quantitative estimate of drug-likeness (QED) is 0.344. The second kappa shape index (κ2) is 9.20. The summed E-state index contributed by atoms with van der Waals surface area (Å²) in [6.07, 6.45) is -6.54. The molecule has 0 aromatic carbocycles. The molecule has 4 N–H and O–H groups in total. The molecule has 0 aromatic rings. The standard InChI is InChI=1S/C12H24O10S/c1-19-5-7(20-2)6-21-23(17,18)22-10-3-9(14)12(16)11(15)8(10)4-13/h7-16H,3-6H2,1-2H3. The van der Waals surface area contributed by atoms with Crippen LogP contribution in [0.15, 0.2) is 0 Å². The van der Waals surface area contributed by atoms with Gasteiger partial charge < -0.3 is 29.9 Å². The minimum atomic E-state index is -4.46. The second-order valence-electron chi connectivity index (χ2n) is 5.27. The van der Waals surface area contributed by atoms with E-state index in [-0.39, 0.29) is 19.6 Å². The van der Waals surface area contributed by atoms with Crippen LogP contribution in [0.3, 0.4) is 0 Å². The van der Waals surface area contributed by atoms with Crippen molar-refractivity contribution in [1.29, 1.82) is 0 Å². The van der Waals surface area contributed by atoms with Crippen molar-refractivity contribution in [3.63, 3.8) is 0 Å². The zero-order chi connectivity index (χ0) is 17.6. The Hall–Kier alpha value is -0.370. The summed E-state index contributed by atoms with van der Waals surface area (Å²) >= 11 is 0. The highest BCUT2D eigenvalue weighted by Crippen LogP contribution is 2.29. The zero-order valence-electron chi connectivity index (χ0n) is 12.9. The second-order valence-corrected chi connectivity index (χ2v) is 6.52. The fourth-order valence-electron chi connectivity index (χ4n) is 2.30. The Morgan fingerprint density at radius 1 is 1.13 bits per heavy atom. The number of hydrogen-bond donors (Lipinski definition) is 4. The van der Waals surface area contributed by atoms with Crippen molar-refractivity contribution in [2.24, 2.45) is 5.92 Å². The van der Waals surface area contributed by atoms with Gasteiger partial charge in [0.2, 0.25) is 0 Å². The normalized spacial score (nSPS) is 33.6. The van der Waals surface area contributed by atoms with Crippen molar-refractivity contribution >= 4 is 10.4 Å². The van der Waals surface area contributed by atoms with Gasteiger partial charge in [0.15, 0.2) is 0 Å². The fraction of sp³-hybridized carbons (Fsp3) is 1.00. The van der Waals surface area contributed by atoms with Crippen LogP contribution in [-0.4, -0.2) is 93.4 Å². The Morgan fingerprint density at radius 2 is 1.78 bits per heavy atom. The lowest BCUT2D eigenvalue weighted by molar-refractivity contribution is -0.153. The Kier molecular flexibility index (Phi) is 8.27. The van der Waals surface area contributed by atoms with Gasteiger partial charge in [0, 0.05) is 26.6 Å². The van der Waals surface area contributed by atoms with E-state index in [0.29, 0.717) is 0 Å². The molecule has 1 aliphatic rings. The summed E-state index contributed by atoms with van der Waals surface area (Å²) in [5.74, 6) is -1.08. The van der Waals surface area contributed by atoms with Crippen molar-refractivity contribution in [2.75, 3.05) is 34.0 Å². The van der Waals surface area contributed by atoms with Gasteiger partial charge in [-0.1, -0.05) is 0 Å². The first-order valence-electron chi connectivity index (χ1n) is 7.00. The van der Waals surface area contributed by atoms with E-state index in [4.69, 9.17) is 13.7 Å². The minimum absolute atomic E-state index is 0.109. The monoisotopic (exact) mass is 360 g/mol. The molecule has 0 radical (unpaired) electrons. The molecule has 0 spiro atoms. The molecule has 6 atom stereocenters. The molecule has 1 rings (SSSR count). The average molecular weight is 360 g/mol. The number of methoxy groups -OCH3 is 2. The van der Waals surface area contributed by atoms with Crippen LogP contribution in [-0.2, 0) is 28.2 Å². The SMILES string of the molecule is COCC(COS(=O)(=O)OC1CC(O)C(O)C(O)C1CO)OC. The summed E-state index contributed by atoms with van der Waals surface area (Å²) in [4.78, 5) is 0. The highest BCUT2D eigenvalue weighted by Gasteiger charge is 2.45. The van der Waals surface area contributed by atoms with Gasteiger partial charge in [-0.2, -0.15) is 8.42 Å². The molecule has 0 heterocycles. The van der Waals surface area contributed by atoms with Crippen LogP contribution >= 0.6 is 0 Å². The average Bonchev–Trinajstić information content (AvgIpc) is 2.49. The predicted octanol–water partition coefficient (Wildman–Crippen LogP) is -2.61. The number of ether oxygens (including phenoxy) is 2. The van der Waals surface area contributed by atoms with Crippen molar-refractivity contribution in [2.45, 2.75) is 36.9 Å². The van der Waals surface area contributed by atoms with Crippen molar-refractivity contribution in [1.82, 2.24) is 0 Å². The van der Waals surface area contributed by atoms with Crippen LogP contribution in [0, 0.1) is 5.92 Å². The smallest absolute Gasteiger partial charge is 0.396 e. The molecule has 0 bridgehead atoms. The molecule has 1 fully saturated rings. The maximum Gasteiger partial charge on any atom is 0.400 e. The number of aliphatic hydroxyl groups excluding tert-OH is 4. The maximum absolute atomic E-state index is 11.8. The number of aliphatic hydroxyl groups is 4. The Balaban J connectivity index is 2.67. The van der Waals surface area contributed by atoms with Crippen LogP contribution in [0.5, 0.6) is 0 Å². The molecule has 0 aromatic heterocycles. The third kappa shape index (κ3) is 5.89.